The van der Waals surface area contributed by atoms with E-state index in [-0.39, 0.29) is 0 Å². The molecule has 2 N–H and O–H groups in total. The molecule has 0 aromatic rings. The predicted molar refractivity (Wildman–Crippen MR) is 99.6 cm³/mol. The first-order valence-electron chi connectivity index (χ1n) is 9.76. The smallest absolute Gasteiger partial charge is 0.0809 e. The maximum atomic E-state index is 10.0. The Morgan fingerprint density at radius 3 is 2.42 bits per heavy atom. The van der Waals surface area contributed by atoms with Crippen molar-refractivity contribution < 1.29 is 10.2 Å². The molecule has 5 atom stereocenters. The third kappa shape index (κ3) is 3.15. The van der Waals surface area contributed by atoms with Crippen molar-refractivity contribution in [2.45, 2.75) is 77.9 Å². The van der Waals surface area contributed by atoms with Crippen LogP contribution in [0.1, 0.15) is 65.7 Å². The van der Waals surface area contributed by atoms with E-state index in [1.54, 1.807) is 5.57 Å². The minimum absolute atomic E-state index is 0.469. The first-order chi connectivity index (χ1) is 11.3. The largest absolute Gasteiger partial charge is 0.388 e. The van der Waals surface area contributed by atoms with Crippen molar-refractivity contribution in [2.75, 3.05) is 0 Å². The SMILES string of the molecule is C=C1[C@H](O)CC(=CC=C2CCC[C@@]3(C)C2CCC3C(C)C)C[C@H]1O. The zero-order valence-corrected chi connectivity index (χ0v) is 15.6. The summed E-state index contributed by atoms with van der Waals surface area (Å²) in [5.41, 5.74) is 3.80. The maximum absolute atomic E-state index is 10.0. The minimum Gasteiger partial charge on any atom is -0.388 e. The Bertz CT molecular complexity index is 540. The van der Waals surface area contributed by atoms with Gasteiger partial charge >= 0.3 is 0 Å². The summed E-state index contributed by atoms with van der Waals surface area (Å²) in [6.45, 7) is 11.1. The van der Waals surface area contributed by atoms with E-state index in [4.69, 9.17) is 0 Å². The average molecular weight is 331 g/mol. The Morgan fingerprint density at radius 1 is 1.12 bits per heavy atom. The third-order valence-corrected chi connectivity index (χ3v) is 7.14. The van der Waals surface area contributed by atoms with Gasteiger partial charge in [-0.2, -0.15) is 0 Å². The second kappa shape index (κ2) is 6.80. The summed E-state index contributed by atoms with van der Waals surface area (Å²) < 4.78 is 0. The highest BCUT2D eigenvalue weighted by Gasteiger charge is 2.49. The Labute approximate surface area is 147 Å². The zero-order chi connectivity index (χ0) is 17.5. The van der Waals surface area contributed by atoms with E-state index >= 15 is 0 Å². The van der Waals surface area contributed by atoms with Crippen molar-refractivity contribution in [3.8, 4) is 0 Å². The first-order valence-corrected chi connectivity index (χ1v) is 9.76. The highest BCUT2D eigenvalue weighted by atomic mass is 16.3. The molecule has 0 radical (unpaired) electrons. The third-order valence-electron chi connectivity index (χ3n) is 7.14. The number of fused-ring (bicyclic) bond motifs is 1. The molecule has 0 saturated heterocycles. The van der Waals surface area contributed by atoms with E-state index in [2.05, 4.69) is 39.5 Å². The fourth-order valence-corrected chi connectivity index (χ4v) is 5.80. The molecule has 3 saturated carbocycles. The van der Waals surface area contributed by atoms with Gasteiger partial charge in [-0.25, -0.2) is 0 Å². The molecule has 0 bridgehead atoms. The number of hydrogen-bond acceptors (Lipinski definition) is 2. The van der Waals surface area contributed by atoms with Crippen LogP contribution in [0.2, 0.25) is 0 Å². The van der Waals surface area contributed by atoms with Gasteiger partial charge in [-0.05, 0) is 73.7 Å². The minimum atomic E-state index is -0.591. The lowest BCUT2D eigenvalue weighted by molar-refractivity contribution is 0.104. The molecule has 3 aliphatic rings. The lowest BCUT2D eigenvalue weighted by Crippen LogP contribution is -2.35. The van der Waals surface area contributed by atoms with Crippen molar-refractivity contribution in [2.24, 2.45) is 23.2 Å². The lowest BCUT2D eigenvalue weighted by atomic mass is 9.61. The molecule has 0 aliphatic heterocycles. The topological polar surface area (TPSA) is 40.5 Å². The molecule has 2 heteroatoms. The van der Waals surface area contributed by atoms with Crippen LogP contribution in [0.3, 0.4) is 0 Å². The molecule has 0 aromatic heterocycles. The van der Waals surface area contributed by atoms with Crippen LogP contribution < -0.4 is 0 Å². The van der Waals surface area contributed by atoms with Gasteiger partial charge in [0.1, 0.15) is 0 Å². The summed E-state index contributed by atoms with van der Waals surface area (Å²) in [5, 5.41) is 20.0. The molecular weight excluding hydrogens is 296 g/mol. The molecule has 0 spiro atoms. The van der Waals surface area contributed by atoms with Crippen LogP contribution in [-0.2, 0) is 0 Å². The van der Waals surface area contributed by atoms with Gasteiger partial charge in [0.2, 0.25) is 0 Å². The molecule has 0 aromatic carbocycles. The summed E-state index contributed by atoms with van der Waals surface area (Å²) in [5.74, 6) is 2.34. The number of allylic oxidation sites excluding steroid dienone is 3. The first kappa shape index (κ1) is 17.9. The number of hydrogen-bond donors (Lipinski definition) is 2. The van der Waals surface area contributed by atoms with E-state index in [9.17, 15) is 10.2 Å². The molecule has 24 heavy (non-hydrogen) atoms. The van der Waals surface area contributed by atoms with E-state index < -0.39 is 12.2 Å². The van der Waals surface area contributed by atoms with Gasteiger partial charge in [0, 0.05) is 0 Å². The van der Waals surface area contributed by atoms with E-state index in [1.165, 1.54) is 32.1 Å². The van der Waals surface area contributed by atoms with Crippen LogP contribution in [0.4, 0.5) is 0 Å². The fourth-order valence-electron chi connectivity index (χ4n) is 5.80. The van der Waals surface area contributed by atoms with E-state index in [1.807, 2.05) is 0 Å². The standard InChI is InChI=1S/C22H34O2/c1-14(2)18-9-10-19-17(6-5-11-22(18,19)4)8-7-16-12-20(23)15(3)21(24)13-16/h7-8,14,18-21,23-24H,3,5-6,9-13H2,1-2,4H3/t18?,19?,20-,21-,22-/m1/s1. The average Bonchev–Trinajstić information content (AvgIpc) is 2.88. The van der Waals surface area contributed by atoms with E-state index in [0.717, 1.165) is 23.3 Å². The van der Waals surface area contributed by atoms with Crippen molar-refractivity contribution >= 4 is 0 Å². The summed E-state index contributed by atoms with van der Waals surface area (Å²) in [6.07, 6.45) is 11.1. The molecule has 0 heterocycles. The molecule has 3 aliphatic carbocycles. The van der Waals surface area contributed by atoms with Crippen LogP contribution in [0.5, 0.6) is 0 Å². The number of rotatable bonds is 2. The maximum Gasteiger partial charge on any atom is 0.0809 e. The van der Waals surface area contributed by atoms with Crippen LogP contribution in [0, 0.1) is 23.2 Å². The van der Waals surface area contributed by atoms with E-state index in [0.29, 0.717) is 23.8 Å². The van der Waals surface area contributed by atoms with Crippen LogP contribution in [0.15, 0.2) is 35.5 Å². The van der Waals surface area contributed by atoms with Crippen molar-refractivity contribution in [3.63, 3.8) is 0 Å². The molecule has 134 valence electrons. The van der Waals surface area contributed by atoms with Gasteiger partial charge in [-0.15, -0.1) is 0 Å². The lowest BCUT2D eigenvalue weighted by Gasteiger charge is -2.43. The summed E-state index contributed by atoms with van der Waals surface area (Å²) in [4.78, 5) is 0. The quantitative estimate of drug-likeness (QED) is 0.715. The van der Waals surface area contributed by atoms with Crippen LogP contribution in [-0.4, -0.2) is 22.4 Å². The second-order valence-corrected chi connectivity index (χ2v) is 8.92. The van der Waals surface area contributed by atoms with Gasteiger partial charge in [0.05, 0.1) is 12.2 Å². The summed E-state index contributed by atoms with van der Waals surface area (Å²) in [6, 6.07) is 0. The zero-order valence-electron chi connectivity index (χ0n) is 15.6. The van der Waals surface area contributed by atoms with Crippen molar-refractivity contribution in [1.29, 1.82) is 0 Å². The highest BCUT2D eigenvalue weighted by molar-refractivity contribution is 5.29. The monoisotopic (exact) mass is 330 g/mol. The summed E-state index contributed by atoms with van der Waals surface area (Å²) in [7, 11) is 0. The van der Waals surface area contributed by atoms with Gasteiger partial charge < -0.3 is 10.2 Å². The Kier molecular flexibility index (Phi) is 5.09. The predicted octanol–water partition coefficient (Wildman–Crippen LogP) is 4.78. The van der Waals surface area contributed by atoms with Gasteiger partial charge in [0.25, 0.3) is 0 Å². The van der Waals surface area contributed by atoms with Gasteiger partial charge in [0.15, 0.2) is 0 Å². The summed E-state index contributed by atoms with van der Waals surface area (Å²) >= 11 is 0. The molecule has 0 amide bonds. The Morgan fingerprint density at radius 2 is 1.79 bits per heavy atom. The normalized spacial score (nSPS) is 41.8. The fraction of sp³-hybridized carbons (Fsp3) is 0.727. The number of aliphatic hydroxyl groups excluding tert-OH is 2. The van der Waals surface area contributed by atoms with Crippen molar-refractivity contribution in [3.05, 3.63) is 35.5 Å². The van der Waals surface area contributed by atoms with Gasteiger partial charge in [-0.3, -0.25) is 0 Å². The molecule has 3 rings (SSSR count). The van der Waals surface area contributed by atoms with Crippen LogP contribution >= 0.6 is 0 Å². The Hall–Kier alpha value is -0.860. The second-order valence-electron chi connectivity index (χ2n) is 8.92. The Balaban J connectivity index is 1.78. The van der Waals surface area contributed by atoms with Crippen LogP contribution in [0.25, 0.3) is 0 Å². The molecule has 2 nitrogen and oxygen atoms in total. The van der Waals surface area contributed by atoms with Gasteiger partial charge in [-0.1, -0.05) is 50.6 Å². The molecule has 3 fully saturated rings. The highest BCUT2D eigenvalue weighted by Crippen LogP contribution is 2.59. The molecule has 2 unspecified atom stereocenters. The van der Waals surface area contributed by atoms with Crippen molar-refractivity contribution in [1.82, 2.24) is 0 Å². The number of aliphatic hydroxyl groups is 2. The molecular formula is C22H34O2.